The Labute approximate surface area is 131 Å². The average Bonchev–Trinajstić information content (AvgIpc) is 2.51. The van der Waals surface area contributed by atoms with Crippen LogP contribution in [0.15, 0.2) is 42.5 Å². The molecule has 22 heavy (non-hydrogen) atoms. The van der Waals surface area contributed by atoms with E-state index in [0.29, 0.717) is 0 Å². The summed E-state index contributed by atoms with van der Waals surface area (Å²) in [5, 5.41) is 2.31. The maximum Gasteiger partial charge on any atom is 0.260 e. The molecule has 3 rings (SSSR count). The zero-order valence-corrected chi connectivity index (χ0v) is 13.3. The number of nitrogens with zero attached hydrogens (tertiary/aromatic N) is 1. The highest BCUT2D eigenvalue weighted by molar-refractivity contribution is 5.84. The molecular formula is C19H23NO2. The van der Waals surface area contributed by atoms with Crippen molar-refractivity contribution < 1.29 is 9.53 Å². The predicted molar refractivity (Wildman–Crippen MR) is 89.0 cm³/mol. The number of ether oxygens (including phenoxy) is 1. The second-order valence-corrected chi connectivity index (χ2v) is 6.88. The number of rotatable bonds is 3. The van der Waals surface area contributed by atoms with Crippen LogP contribution in [-0.2, 0) is 4.79 Å². The van der Waals surface area contributed by atoms with Gasteiger partial charge in [0.05, 0.1) is 0 Å². The van der Waals surface area contributed by atoms with Gasteiger partial charge in [-0.2, -0.15) is 0 Å². The van der Waals surface area contributed by atoms with Crippen molar-refractivity contribution in [2.75, 3.05) is 19.7 Å². The van der Waals surface area contributed by atoms with Crippen molar-refractivity contribution in [3.63, 3.8) is 0 Å². The average molecular weight is 297 g/mol. The molecule has 1 fully saturated rings. The maximum absolute atomic E-state index is 12.3. The Kier molecular flexibility index (Phi) is 4.06. The molecule has 1 amide bonds. The summed E-state index contributed by atoms with van der Waals surface area (Å²) in [6.07, 6.45) is 2.26. The molecule has 0 aliphatic carbocycles. The van der Waals surface area contributed by atoms with E-state index < -0.39 is 0 Å². The first kappa shape index (κ1) is 14.9. The van der Waals surface area contributed by atoms with Gasteiger partial charge in [0.15, 0.2) is 6.61 Å². The lowest BCUT2D eigenvalue weighted by Crippen LogP contribution is -2.45. The van der Waals surface area contributed by atoms with Crippen LogP contribution in [0.2, 0.25) is 0 Å². The quantitative estimate of drug-likeness (QED) is 0.860. The van der Waals surface area contributed by atoms with Crippen LogP contribution in [0.1, 0.15) is 26.7 Å². The van der Waals surface area contributed by atoms with E-state index in [9.17, 15) is 4.79 Å². The summed E-state index contributed by atoms with van der Waals surface area (Å²) >= 11 is 0. The Morgan fingerprint density at radius 1 is 1.18 bits per heavy atom. The first-order chi connectivity index (χ1) is 10.5. The molecule has 0 N–H and O–H groups in total. The van der Waals surface area contributed by atoms with E-state index in [1.54, 1.807) is 0 Å². The molecule has 1 aliphatic heterocycles. The highest BCUT2D eigenvalue weighted by atomic mass is 16.5. The monoisotopic (exact) mass is 297 g/mol. The number of carbonyl (C=O) groups excluding carboxylic acids is 1. The molecule has 116 valence electrons. The molecule has 3 heteroatoms. The van der Waals surface area contributed by atoms with Gasteiger partial charge in [0.2, 0.25) is 0 Å². The lowest BCUT2D eigenvalue weighted by Gasteiger charge is -2.37. The molecule has 0 saturated carbocycles. The minimum Gasteiger partial charge on any atom is -0.484 e. The highest BCUT2D eigenvalue weighted by Gasteiger charge is 2.29. The fourth-order valence-electron chi connectivity index (χ4n) is 3.13. The molecule has 1 heterocycles. The molecule has 0 aromatic heterocycles. The van der Waals surface area contributed by atoms with Gasteiger partial charge >= 0.3 is 0 Å². The second-order valence-electron chi connectivity index (χ2n) is 6.88. The number of amides is 1. The van der Waals surface area contributed by atoms with Gasteiger partial charge in [-0.15, -0.1) is 0 Å². The highest BCUT2D eigenvalue weighted by Crippen LogP contribution is 2.28. The number of piperidine rings is 1. The summed E-state index contributed by atoms with van der Waals surface area (Å²) in [6.45, 7) is 6.23. The fraction of sp³-hybridized carbons (Fsp3) is 0.421. The fourth-order valence-corrected chi connectivity index (χ4v) is 3.13. The van der Waals surface area contributed by atoms with E-state index in [2.05, 4.69) is 26.0 Å². The molecule has 2 aromatic carbocycles. The van der Waals surface area contributed by atoms with E-state index in [1.165, 1.54) is 11.8 Å². The van der Waals surface area contributed by atoms with Crippen molar-refractivity contribution in [1.29, 1.82) is 0 Å². The molecule has 0 bridgehead atoms. The smallest absolute Gasteiger partial charge is 0.260 e. The van der Waals surface area contributed by atoms with Crippen LogP contribution in [0.4, 0.5) is 0 Å². The normalized spacial score (nSPS) is 17.5. The van der Waals surface area contributed by atoms with Gasteiger partial charge in [-0.25, -0.2) is 0 Å². The third-order valence-corrected chi connectivity index (χ3v) is 4.34. The van der Waals surface area contributed by atoms with E-state index in [4.69, 9.17) is 4.74 Å². The van der Waals surface area contributed by atoms with Crippen molar-refractivity contribution in [2.45, 2.75) is 26.7 Å². The first-order valence-electron chi connectivity index (χ1n) is 7.93. The minimum atomic E-state index is 0.0842. The zero-order chi connectivity index (χ0) is 15.6. The summed E-state index contributed by atoms with van der Waals surface area (Å²) in [7, 11) is 0. The van der Waals surface area contributed by atoms with Crippen LogP contribution in [0.3, 0.4) is 0 Å². The van der Waals surface area contributed by atoms with Gasteiger partial charge in [0, 0.05) is 13.1 Å². The van der Waals surface area contributed by atoms with Gasteiger partial charge in [-0.3, -0.25) is 4.79 Å². The lowest BCUT2D eigenvalue weighted by molar-refractivity contribution is -0.136. The summed E-state index contributed by atoms with van der Waals surface area (Å²) in [5.41, 5.74) is 0.219. The molecule has 0 spiro atoms. The Balaban J connectivity index is 1.62. The SMILES string of the molecule is CC1(C)CCCN(C(=O)COc2ccc3ccccc3c2)C1. The van der Waals surface area contributed by atoms with E-state index in [1.807, 2.05) is 35.2 Å². The van der Waals surface area contributed by atoms with Crippen molar-refractivity contribution in [1.82, 2.24) is 4.90 Å². The summed E-state index contributed by atoms with van der Waals surface area (Å²) < 4.78 is 5.71. The lowest BCUT2D eigenvalue weighted by atomic mass is 9.84. The maximum atomic E-state index is 12.3. The summed E-state index contributed by atoms with van der Waals surface area (Å²) in [5.74, 6) is 0.837. The van der Waals surface area contributed by atoms with Crippen LogP contribution in [0, 0.1) is 5.41 Å². The van der Waals surface area contributed by atoms with Gasteiger partial charge in [0.1, 0.15) is 5.75 Å². The molecule has 0 unspecified atom stereocenters. The Morgan fingerprint density at radius 2 is 1.95 bits per heavy atom. The summed E-state index contributed by atoms with van der Waals surface area (Å²) in [6, 6.07) is 14.1. The molecule has 0 atom stereocenters. The predicted octanol–water partition coefficient (Wildman–Crippen LogP) is 3.87. The Bertz CT molecular complexity index is 678. The Hall–Kier alpha value is -2.03. The number of fused-ring (bicyclic) bond motifs is 1. The van der Waals surface area contributed by atoms with Gasteiger partial charge in [0.25, 0.3) is 5.91 Å². The van der Waals surface area contributed by atoms with Gasteiger partial charge in [-0.1, -0.05) is 44.2 Å². The molecule has 1 aliphatic rings. The summed E-state index contributed by atoms with van der Waals surface area (Å²) in [4.78, 5) is 14.3. The molecule has 3 nitrogen and oxygen atoms in total. The van der Waals surface area contributed by atoms with E-state index >= 15 is 0 Å². The number of hydrogen-bond donors (Lipinski definition) is 0. The number of likely N-dealkylation sites (tertiary alicyclic amines) is 1. The van der Waals surface area contributed by atoms with Gasteiger partial charge < -0.3 is 9.64 Å². The zero-order valence-electron chi connectivity index (χ0n) is 13.3. The molecular weight excluding hydrogens is 274 g/mol. The van der Waals surface area contributed by atoms with Crippen LogP contribution in [0.5, 0.6) is 5.75 Å². The van der Waals surface area contributed by atoms with Crippen LogP contribution in [-0.4, -0.2) is 30.5 Å². The van der Waals surface area contributed by atoms with Crippen LogP contribution in [0.25, 0.3) is 10.8 Å². The Morgan fingerprint density at radius 3 is 2.73 bits per heavy atom. The van der Waals surface area contributed by atoms with Crippen molar-refractivity contribution in [2.24, 2.45) is 5.41 Å². The molecule has 1 saturated heterocycles. The van der Waals surface area contributed by atoms with Gasteiger partial charge in [-0.05, 0) is 41.2 Å². The second kappa shape index (κ2) is 5.99. The largest absolute Gasteiger partial charge is 0.484 e. The topological polar surface area (TPSA) is 29.5 Å². The number of benzene rings is 2. The molecule has 2 aromatic rings. The number of carbonyl (C=O) groups is 1. The van der Waals surface area contributed by atoms with Crippen molar-refractivity contribution >= 4 is 16.7 Å². The number of hydrogen-bond acceptors (Lipinski definition) is 2. The van der Waals surface area contributed by atoms with E-state index in [-0.39, 0.29) is 17.9 Å². The first-order valence-corrected chi connectivity index (χ1v) is 7.93. The van der Waals surface area contributed by atoms with Crippen molar-refractivity contribution in [3.8, 4) is 5.75 Å². The third-order valence-electron chi connectivity index (χ3n) is 4.34. The molecule has 0 radical (unpaired) electrons. The standard InChI is InChI=1S/C19H23NO2/c1-19(2)10-5-11-20(14-19)18(21)13-22-17-9-8-15-6-3-4-7-16(15)12-17/h3-4,6-9,12H,5,10-11,13-14H2,1-2H3. The van der Waals surface area contributed by atoms with Crippen molar-refractivity contribution in [3.05, 3.63) is 42.5 Å². The van der Waals surface area contributed by atoms with E-state index in [0.717, 1.165) is 30.6 Å². The van der Waals surface area contributed by atoms with Crippen LogP contribution < -0.4 is 4.74 Å². The third kappa shape index (κ3) is 3.41. The minimum absolute atomic E-state index is 0.0842. The van der Waals surface area contributed by atoms with Crippen LogP contribution >= 0.6 is 0 Å².